The summed E-state index contributed by atoms with van der Waals surface area (Å²) in [4.78, 5) is 3.51. The highest BCUT2D eigenvalue weighted by atomic mass is 15.1. The molecule has 0 unspecified atom stereocenters. The van der Waals surface area contributed by atoms with Gasteiger partial charge in [-0.25, -0.2) is 9.41 Å². The highest BCUT2D eigenvalue weighted by Gasteiger charge is 2.24. The minimum atomic E-state index is 0.665. The number of aromatic nitrogens is 2. The van der Waals surface area contributed by atoms with E-state index >= 15 is 0 Å². The van der Waals surface area contributed by atoms with Crippen LogP contribution in [0.4, 0.5) is 5.69 Å². The van der Waals surface area contributed by atoms with E-state index in [1.54, 1.807) is 0 Å². The topological polar surface area (TPSA) is 13.4 Å². The zero-order valence-corrected chi connectivity index (χ0v) is 17.4. The van der Waals surface area contributed by atoms with E-state index < -0.39 is 0 Å². The van der Waals surface area contributed by atoms with Gasteiger partial charge in [0.25, 0.3) is 5.65 Å². The van der Waals surface area contributed by atoms with E-state index in [-0.39, 0.29) is 0 Å². The summed E-state index contributed by atoms with van der Waals surface area (Å²) in [6.45, 7) is 9.38. The molecule has 6 aromatic rings. The number of fused-ring (bicyclic) bond motifs is 8. The molecular formula is C28H20N3+. The highest BCUT2D eigenvalue weighted by Crippen LogP contribution is 2.32. The third-order valence-corrected chi connectivity index (χ3v) is 6.37. The summed E-state index contributed by atoms with van der Waals surface area (Å²) in [5.41, 5.74) is 9.03. The van der Waals surface area contributed by atoms with Crippen LogP contribution in [-0.4, -0.2) is 4.57 Å². The first-order valence-corrected chi connectivity index (χ1v) is 10.4. The van der Waals surface area contributed by atoms with Crippen molar-refractivity contribution in [2.45, 2.75) is 6.92 Å². The van der Waals surface area contributed by atoms with E-state index in [1.165, 1.54) is 43.9 Å². The zero-order valence-electron chi connectivity index (χ0n) is 17.4. The number of hydrogen-bond acceptors (Lipinski definition) is 0. The summed E-state index contributed by atoms with van der Waals surface area (Å²) in [5.74, 6) is 0. The van der Waals surface area contributed by atoms with Crippen molar-refractivity contribution < 1.29 is 4.40 Å². The van der Waals surface area contributed by atoms with Crippen LogP contribution in [0.1, 0.15) is 5.56 Å². The van der Waals surface area contributed by atoms with Crippen LogP contribution < -0.4 is 4.40 Å². The quantitative estimate of drug-likeness (QED) is 0.165. The van der Waals surface area contributed by atoms with Crippen LogP contribution in [0.3, 0.4) is 0 Å². The molecule has 3 nitrogen and oxygen atoms in total. The fourth-order valence-electron chi connectivity index (χ4n) is 4.88. The molecule has 6 rings (SSSR count). The first kappa shape index (κ1) is 17.7. The summed E-state index contributed by atoms with van der Waals surface area (Å²) < 4.78 is 4.71. The Kier molecular flexibility index (Phi) is 3.66. The fraction of sp³-hybridized carbons (Fsp3) is 0.0714. The molecule has 3 heteroatoms. The van der Waals surface area contributed by atoms with E-state index in [1.807, 2.05) is 24.3 Å². The fourth-order valence-corrected chi connectivity index (χ4v) is 4.88. The van der Waals surface area contributed by atoms with Crippen LogP contribution in [0.2, 0.25) is 0 Å². The Morgan fingerprint density at radius 2 is 1.52 bits per heavy atom. The third kappa shape index (κ3) is 2.42. The van der Waals surface area contributed by atoms with Crippen molar-refractivity contribution in [3.8, 4) is 11.1 Å². The van der Waals surface area contributed by atoms with Crippen molar-refractivity contribution in [1.82, 2.24) is 4.57 Å². The van der Waals surface area contributed by atoms with Gasteiger partial charge in [0, 0.05) is 10.8 Å². The molecule has 0 radical (unpaired) electrons. The maximum Gasteiger partial charge on any atom is 0.295 e. The number of hydrogen-bond donors (Lipinski definition) is 0. The van der Waals surface area contributed by atoms with Gasteiger partial charge in [0.2, 0.25) is 0 Å². The van der Waals surface area contributed by atoms with Gasteiger partial charge in [0.1, 0.15) is 5.52 Å². The summed E-state index contributed by atoms with van der Waals surface area (Å²) in [6, 6.07) is 29.7. The number of para-hydroxylation sites is 1. The van der Waals surface area contributed by atoms with E-state index in [0.29, 0.717) is 5.69 Å². The molecule has 2 heterocycles. The van der Waals surface area contributed by atoms with Gasteiger partial charge in [-0.15, -0.1) is 0 Å². The number of aryl methyl sites for hydroxylation is 2. The van der Waals surface area contributed by atoms with E-state index in [2.05, 4.69) is 88.4 Å². The average molecular weight is 398 g/mol. The van der Waals surface area contributed by atoms with Crippen molar-refractivity contribution in [2.24, 2.45) is 7.05 Å². The van der Waals surface area contributed by atoms with Crippen LogP contribution in [0.5, 0.6) is 0 Å². The van der Waals surface area contributed by atoms with Gasteiger partial charge in [0.05, 0.1) is 19.0 Å². The van der Waals surface area contributed by atoms with Gasteiger partial charge in [-0.3, -0.25) is 0 Å². The van der Waals surface area contributed by atoms with Gasteiger partial charge in [-0.2, -0.15) is 4.40 Å². The molecule has 0 aliphatic rings. The van der Waals surface area contributed by atoms with Crippen molar-refractivity contribution in [2.75, 3.05) is 0 Å². The lowest BCUT2D eigenvalue weighted by Crippen LogP contribution is -2.22. The average Bonchev–Trinajstić information content (AvgIpc) is 3.11. The monoisotopic (exact) mass is 398 g/mol. The van der Waals surface area contributed by atoms with E-state index in [0.717, 1.165) is 11.1 Å². The van der Waals surface area contributed by atoms with Gasteiger partial charge in [-0.1, -0.05) is 60.7 Å². The Balaban J connectivity index is 1.78. The Morgan fingerprint density at radius 3 is 2.32 bits per heavy atom. The molecule has 0 aliphatic heterocycles. The molecule has 0 saturated heterocycles. The predicted molar refractivity (Wildman–Crippen MR) is 128 cm³/mol. The maximum atomic E-state index is 7.18. The maximum absolute atomic E-state index is 7.18. The first-order chi connectivity index (χ1) is 15.2. The molecule has 0 amide bonds. The molecule has 0 saturated carbocycles. The summed E-state index contributed by atoms with van der Waals surface area (Å²) in [6.07, 6.45) is 0. The van der Waals surface area contributed by atoms with Crippen molar-refractivity contribution in [3.05, 3.63) is 102 Å². The van der Waals surface area contributed by atoms with Crippen LogP contribution in [0.15, 0.2) is 84.9 Å². The molecule has 31 heavy (non-hydrogen) atoms. The second kappa shape index (κ2) is 6.42. The smallest absolute Gasteiger partial charge is 0.238 e. The van der Waals surface area contributed by atoms with Crippen molar-refractivity contribution in [3.63, 3.8) is 0 Å². The Hall–Kier alpha value is -4.16. The number of rotatable bonds is 1. The van der Waals surface area contributed by atoms with Gasteiger partial charge >= 0.3 is 0 Å². The SMILES string of the molecule is [C-]#[N+]c1ccc(-c2ccc3c(c2)n(C)c2c4c(C)cccc4c4ccccc4[n+]32)cc1. The predicted octanol–water partition coefficient (Wildman–Crippen LogP) is 6.75. The van der Waals surface area contributed by atoms with Gasteiger partial charge < -0.3 is 0 Å². The third-order valence-electron chi connectivity index (χ3n) is 6.37. The Labute approximate surface area is 180 Å². The minimum absolute atomic E-state index is 0.665. The number of benzene rings is 4. The largest absolute Gasteiger partial charge is 0.295 e. The second-order valence-electron chi connectivity index (χ2n) is 8.09. The summed E-state index contributed by atoms with van der Waals surface area (Å²) in [5, 5.41) is 3.85. The molecule has 0 bridgehead atoms. The Bertz CT molecular complexity index is 1700. The minimum Gasteiger partial charge on any atom is -0.238 e. The molecule has 0 N–H and O–H groups in total. The Morgan fingerprint density at radius 1 is 0.774 bits per heavy atom. The van der Waals surface area contributed by atoms with E-state index in [9.17, 15) is 0 Å². The molecule has 0 aliphatic carbocycles. The standard InChI is InChI=1S/C28H20N3/c1-18-7-6-9-23-22-8-4-5-10-24(22)31-25-16-13-20(19-11-14-21(29-2)15-12-19)17-26(25)30(3)28(31)27(18)23/h4-17H,1,3H3/q+1. The lowest BCUT2D eigenvalue weighted by atomic mass is 10.0. The van der Waals surface area contributed by atoms with Crippen molar-refractivity contribution in [1.29, 1.82) is 0 Å². The van der Waals surface area contributed by atoms with E-state index in [4.69, 9.17) is 6.57 Å². The lowest BCUT2D eigenvalue weighted by Gasteiger charge is -2.06. The first-order valence-electron chi connectivity index (χ1n) is 10.4. The molecular weight excluding hydrogens is 378 g/mol. The molecule has 0 atom stereocenters. The van der Waals surface area contributed by atoms with Crippen LogP contribution >= 0.6 is 0 Å². The van der Waals surface area contributed by atoms with Crippen LogP contribution in [-0.2, 0) is 7.05 Å². The van der Waals surface area contributed by atoms with Gasteiger partial charge in [-0.05, 0) is 47.9 Å². The van der Waals surface area contributed by atoms with Crippen LogP contribution in [0.25, 0.3) is 54.3 Å². The molecule has 0 spiro atoms. The molecule has 0 fully saturated rings. The van der Waals surface area contributed by atoms with Gasteiger partial charge in [0.15, 0.2) is 16.7 Å². The van der Waals surface area contributed by atoms with Crippen molar-refractivity contribution >= 4 is 44.0 Å². The second-order valence-corrected chi connectivity index (χ2v) is 8.09. The molecule has 4 aromatic carbocycles. The molecule has 146 valence electrons. The molecule has 2 aromatic heterocycles. The summed E-state index contributed by atoms with van der Waals surface area (Å²) >= 11 is 0. The van der Waals surface area contributed by atoms with Crippen LogP contribution in [0, 0.1) is 13.5 Å². The summed E-state index contributed by atoms with van der Waals surface area (Å²) in [7, 11) is 2.16. The normalized spacial score (nSPS) is 11.5. The zero-order chi connectivity index (χ0) is 21.1. The number of imidazole rings is 1. The lowest BCUT2D eigenvalue weighted by molar-refractivity contribution is -0.449. The highest BCUT2D eigenvalue weighted by molar-refractivity contribution is 6.11. The number of pyridine rings is 1. The number of nitrogens with zero attached hydrogens (tertiary/aromatic N) is 3.